The average Bonchev–Trinajstić information content (AvgIpc) is 3.59. The molecule has 0 aliphatic carbocycles. The molecule has 0 radical (unpaired) electrons. The zero-order valence-corrected chi connectivity index (χ0v) is 19.9. The summed E-state index contributed by atoms with van der Waals surface area (Å²) < 4.78 is 35.3. The van der Waals surface area contributed by atoms with Crippen molar-refractivity contribution < 1.29 is 17.6 Å². The van der Waals surface area contributed by atoms with Crippen LogP contribution in [-0.4, -0.2) is 24.1 Å². The molecule has 0 aliphatic rings. The molecule has 2 heterocycles. The number of anilines is 1. The standard InChI is InChI=1S/C27H22N4O4S/c32-27(25-18-24(26-16-9-17-35-26)29-31(25)21-11-3-1-4-12-21)28-19-20-10-7-8-15-23(20)30-36(33,34)22-13-5-2-6-14-22/h1-18,30H,19H2,(H,28,32). The first kappa shape index (κ1) is 23.1. The third-order valence-electron chi connectivity index (χ3n) is 5.47. The van der Waals surface area contributed by atoms with Gasteiger partial charge in [-0.2, -0.15) is 5.10 Å². The molecule has 0 saturated heterocycles. The molecular weight excluding hydrogens is 476 g/mol. The Morgan fingerprint density at radius 1 is 0.861 bits per heavy atom. The Morgan fingerprint density at radius 2 is 1.56 bits per heavy atom. The monoisotopic (exact) mass is 498 g/mol. The minimum atomic E-state index is -3.78. The van der Waals surface area contributed by atoms with E-state index in [1.807, 2.05) is 30.3 Å². The lowest BCUT2D eigenvalue weighted by atomic mass is 10.2. The zero-order valence-electron chi connectivity index (χ0n) is 19.0. The predicted molar refractivity (Wildman–Crippen MR) is 136 cm³/mol. The number of carbonyl (C=O) groups is 1. The predicted octanol–water partition coefficient (Wildman–Crippen LogP) is 4.86. The second-order valence-corrected chi connectivity index (χ2v) is 9.58. The van der Waals surface area contributed by atoms with Gasteiger partial charge in [0.25, 0.3) is 15.9 Å². The van der Waals surface area contributed by atoms with Crippen LogP contribution in [0.2, 0.25) is 0 Å². The molecule has 0 saturated carbocycles. The fourth-order valence-corrected chi connectivity index (χ4v) is 4.82. The Kier molecular flexibility index (Phi) is 6.38. The van der Waals surface area contributed by atoms with Crippen molar-refractivity contribution in [3.8, 4) is 17.1 Å². The van der Waals surface area contributed by atoms with Crippen molar-refractivity contribution in [2.24, 2.45) is 0 Å². The quantitative estimate of drug-likeness (QED) is 0.318. The van der Waals surface area contributed by atoms with Crippen molar-refractivity contribution >= 4 is 21.6 Å². The molecule has 0 aliphatic heterocycles. The van der Waals surface area contributed by atoms with E-state index in [4.69, 9.17) is 4.42 Å². The Morgan fingerprint density at radius 3 is 2.28 bits per heavy atom. The van der Waals surface area contributed by atoms with Gasteiger partial charge in [-0.25, -0.2) is 13.1 Å². The molecule has 0 spiro atoms. The van der Waals surface area contributed by atoms with Crippen LogP contribution in [0.5, 0.6) is 0 Å². The van der Waals surface area contributed by atoms with Gasteiger partial charge in [0.2, 0.25) is 0 Å². The van der Waals surface area contributed by atoms with Crippen LogP contribution < -0.4 is 10.0 Å². The Labute approximate surface area is 208 Å². The van der Waals surface area contributed by atoms with Crippen molar-refractivity contribution in [2.45, 2.75) is 11.4 Å². The van der Waals surface area contributed by atoms with Gasteiger partial charge in [0.05, 0.1) is 22.5 Å². The van der Waals surface area contributed by atoms with Crippen LogP contribution in [0.25, 0.3) is 17.1 Å². The number of aromatic nitrogens is 2. The summed E-state index contributed by atoms with van der Waals surface area (Å²) in [5, 5.41) is 7.45. The highest BCUT2D eigenvalue weighted by molar-refractivity contribution is 7.92. The van der Waals surface area contributed by atoms with Gasteiger partial charge in [-0.15, -0.1) is 0 Å². The summed E-state index contributed by atoms with van der Waals surface area (Å²) in [5.41, 5.74) is 2.55. The van der Waals surface area contributed by atoms with E-state index in [1.54, 1.807) is 71.6 Å². The first-order valence-electron chi connectivity index (χ1n) is 11.1. The van der Waals surface area contributed by atoms with Crippen LogP contribution >= 0.6 is 0 Å². The van der Waals surface area contributed by atoms with Crippen LogP contribution in [0, 0.1) is 0 Å². The van der Waals surface area contributed by atoms with E-state index in [0.717, 1.165) is 5.69 Å². The third-order valence-corrected chi connectivity index (χ3v) is 6.85. The van der Waals surface area contributed by atoms with E-state index in [0.29, 0.717) is 28.4 Å². The van der Waals surface area contributed by atoms with Crippen LogP contribution in [0.4, 0.5) is 5.69 Å². The minimum Gasteiger partial charge on any atom is -0.463 e. The number of carbonyl (C=O) groups excluding carboxylic acids is 1. The number of hydrogen-bond donors (Lipinski definition) is 2. The molecule has 2 aromatic heterocycles. The van der Waals surface area contributed by atoms with E-state index < -0.39 is 10.0 Å². The highest BCUT2D eigenvalue weighted by Gasteiger charge is 2.20. The molecule has 2 N–H and O–H groups in total. The number of furan rings is 1. The summed E-state index contributed by atoms with van der Waals surface area (Å²) in [6.07, 6.45) is 1.55. The number of rotatable bonds is 8. The number of nitrogens with one attached hydrogen (secondary N) is 2. The first-order chi connectivity index (χ1) is 17.5. The van der Waals surface area contributed by atoms with Crippen LogP contribution in [0.1, 0.15) is 16.1 Å². The van der Waals surface area contributed by atoms with Gasteiger partial charge in [0.15, 0.2) is 5.76 Å². The SMILES string of the molecule is O=C(NCc1ccccc1NS(=O)(=O)c1ccccc1)c1cc(-c2ccco2)nn1-c1ccccc1. The third kappa shape index (κ3) is 4.91. The van der Waals surface area contributed by atoms with Crippen molar-refractivity contribution in [3.05, 3.63) is 121 Å². The van der Waals surface area contributed by atoms with Gasteiger partial charge in [0.1, 0.15) is 11.4 Å². The molecule has 0 atom stereocenters. The summed E-state index contributed by atoms with van der Waals surface area (Å²) in [4.78, 5) is 13.4. The maximum absolute atomic E-state index is 13.3. The largest absolute Gasteiger partial charge is 0.463 e. The zero-order chi connectivity index (χ0) is 25.0. The van der Waals surface area contributed by atoms with Crippen molar-refractivity contribution in [3.63, 3.8) is 0 Å². The molecule has 180 valence electrons. The van der Waals surface area contributed by atoms with Crippen LogP contribution in [0.15, 0.2) is 119 Å². The summed E-state index contributed by atoms with van der Waals surface area (Å²) in [6.45, 7) is 0.0996. The molecule has 0 fully saturated rings. The van der Waals surface area contributed by atoms with E-state index >= 15 is 0 Å². The lowest BCUT2D eigenvalue weighted by molar-refractivity contribution is 0.0943. The lowest BCUT2D eigenvalue weighted by Gasteiger charge is -2.14. The number of nitrogens with zero attached hydrogens (tertiary/aromatic N) is 2. The smallest absolute Gasteiger partial charge is 0.270 e. The molecule has 1 amide bonds. The Balaban J connectivity index is 1.39. The Hall–Kier alpha value is -4.63. The molecule has 5 rings (SSSR count). The van der Waals surface area contributed by atoms with Crippen molar-refractivity contribution in [2.75, 3.05) is 4.72 Å². The van der Waals surface area contributed by atoms with E-state index in [1.165, 1.54) is 12.1 Å². The molecule has 0 unspecified atom stereocenters. The summed E-state index contributed by atoms with van der Waals surface area (Å²) in [7, 11) is -3.78. The molecule has 3 aromatic carbocycles. The number of amides is 1. The average molecular weight is 499 g/mol. The molecule has 0 bridgehead atoms. The normalized spacial score (nSPS) is 11.2. The maximum atomic E-state index is 13.3. The Bertz CT molecular complexity index is 1580. The van der Waals surface area contributed by atoms with Gasteiger partial charge in [-0.3, -0.25) is 9.52 Å². The highest BCUT2D eigenvalue weighted by Crippen LogP contribution is 2.23. The maximum Gasteiger partial charge on any atom is 0.270 e. The number of hydrogen-bond acceptors (Lipinski definition) is 5. The van der Waals surface area contributed by atoms with E-state index in [2.05, 4.69) is 15.1 Å². The number of benzene rings is 3. The second-order valence-electron chi connectivity index (χ2n) is 7.90. The van der Waals surface area contributed by atoms with Crippen LogP contribution in [-0.2, 0) is 16.6 Å². The second kappa shape index (κ2) is 9.93. The summed E-state index contributed by atoms with van der Waals surface area (Å²) >= 11 is 0. The highest BCUT2D eigenvalue weighted by atomic mass is 32.2. The molecule has 5 aromatic rings. The van der Waals surface area contributed by atoms with Gasteiger partial charge >= 0.3 is 0 Å². The van der Waals surface area contributed by atoms with Crippen molar-refractivity contribution in [1.29, 1.82) is 0 Å². The van der Waals surface area contributed by atoms with Gasteiger partial charge in [0, 0.05) is 12.6 Å². The topological polar surface area (TPSA) is 106 Å². The molecule has 8 nitrogen and oxygen atoms in total. The summed E-state index contributed by atoms with van der Waals surface area (Å²) in [5.74, 6) is 0.171. The molecule has 36 heavy (non-hydrogen) atoms. The van der Waals surface area contributed by atoms with Gasteiger partial charge in [-0.1, -0.05) is 54.6 Å². The van der Waals surface area contributed by atoms with Gasteiger partial charge < -0.3 is 9.73 Å². The van der Waals surface area contributed by atoms with Crippen LogP contribution in [0.3, 0.4) is 0 Å². The fourth-order valence-electron chi connectivity index (χ4n) is 3.70. The van der Waals surface area contributed by atoms with E-state index in [-0.39, 0.29) is 17.3 Å². The fraction of sp³-hybridized carbons (Fsp3) is 0.0370. The van der Waals surface area contributed by atoms with Gasteiger partial charge in [-0.05, 0) is 48.0 Å². The lowest BCUT2D eigenvalue weighted by Crippen LogP contribution is -2.26. The molecule has 9 heteroatoms. The minimum absolute atomic E-state index is 0.0996. The number of sulfonamides is 1. The first-order valence-corrected chi connectivity index (χ1v) is 12.6. The van der Waals surface area contributed by atoms with E-state index in [9.17, 15) is 13.2 Å². The number of para-hydroxylation sites is 2. The molecular formula is C27H22N4O4S. The van der Waals surface area contributed by atoms with Crippen molar-refractivity contribution in [1.82, 2.24) is 15.1 Å². The summed E-state index contributed by atoms with van der Waals surface area (Å²) in [6, 6.07) is 29.5.